The molecule has 0 heterocycles. The third-order valence-electron chi connectivity index (χ3n) is 0.163. The van der Waals surface area contributed by atoms with E-state index in [1.807, 2.05) is 0 Å². The zero-order valence-corrected chi connectivity index (χ0v) is 6.38. The molecule has 0 aliphatic carbocycles. The van der Waals surface area contributed by atoms with Gasteiger partial charge in [-0.25, -0.2) is 0 Å². The second kappa shape index (κ2) is 3.20. The molecule has 0 unspecified atom stereocenters. The van der Waals surface area contributed by atoms with Crippen molar-refractivity contribution in [2.45, 2.75) is 3.71 Å². The summed E-state index contributed by atoms with van der Waals surface area (Å²) in [6.45, 7) is 0.250. The number of hydrogen-bond acceptors (Lipinski definition) is 1. The Morgan fingerprint density at radius 1 is 1.60 bits per heavy atom. The van der Waals surface area contributed by atoms with Crippen LogP contribution < -0.4 is 0 Å². The van der Waals surface area contributed by atoms with Crippen molar-refractivity contribution in [1.82, 2.24) is 0 Å². The van der Waals surface area contributed by atoms with Gasteiger partial charge in [0.25, 0.3) is 0 Å². The molecule has 0 rings (SSSR count). The Bertz CT molecular complexity index is 21.6. The Hall–Kier alpha value is 0.999. The summed E-state index contributed by atoms with van der Waals surface area (Å²) in [5.41, 5.74) is 0. The molecule has 1 nitrogen and oxygen atoms in total. The molecule has 0 aromatic rings. The van der Waals surface area contributed by atoms with Crippen molar-refractivity contribution >= 4 is 32.0 Å². The minimum absolute atomic E-state index is 0.250. The summed E-state index contributed by atoms with van der Waals surface area (Å²) in [6.07, 6.45) is 0. The topological polar surface area (TPSA) is 20.2 Å². The molecule has 0 aliphatic rings. The molecule has 0 atom stereocenters. The van der Waals surface area contributed by atoms with Crippen molar-refractivity contribution in [3.05, 3.63) is 0 Å². The van der Waals surface area contributed by atoms with Crippen LogP contribution in [0.5, 0.6) is 0 Å². The van der Waals surface area contributed by atoms with Crippen LogP contribution in [0.25, 0.3) is 0 Å². The summed E-state index contributed by atoms with van der Waals surface area (Å²) in [4.78, 5) is 0. The van der Waals surface area contributed by atoms with Gasteiger partial charge in [-0.3, -0.25) is 0 Å². The van der Waals surface area contributed by atoms with E-state index in [4.69, 9.17) is 5.11 Å². The average Bonchev–Trinajstić information content (AvgIpc) is 1.38. The van der Waals surface area contributed by atoms with Crippen LogP contribution in [0.2, 0.25) is 3.71 Å². The van der Waals surface area contributed by atoms with E-state index >= 15 is 0 Å². The predicted molar refractivity (Wildman–Crippen MR) is 25.1 cm³/mol. The first-order chi connectivity index (χ1) is 2.27. The van der Waals surface area contributed by atoms with Gasteiger partial charge in [-0.05, 0) is 0 Å². The summed E-state index contributed by atoms with van der Waals surface area (Å²) in [7, 11) is 0. The molecule has 0 bridgehead atoms. The Morgan fingerprint density at radius 3 is 1.80 bits per heavy atom. The van der Waals surface area contributed by atoms with Crippen LogP contribution in [-0.2, 0) is 0 Å². The maximum absolute atomic E-state index is 8.11. The number of hydrogen-bond donors (Lipinski definition) is 1. The van der Waals surface area contributed by atoms with E-state index in [2.05, 4.69) is 32.0 Å². The van der Waals surface area contributed by atoms with E-state index in [9.17, 15) is 0 Å². The molecule has 32 valence electrons. The summed E-state index contributed by atoms with van der Waals surface area (Å²) < 4.78 is 0.315. The maximum atomic E-state index is 8.11. The summed E-state index contributed by atoms with van der Waals surface area (Å²) >= 11 is 4.66. The molecule has 0 amide bonds. The fourth-order valence-electron chi connectivity index (χ4n) is 0. The normalized spacial score (nSPS) is 9.60. The monoisotopic (exact) mass is 206 g/mol. The van der Waals surface area contributed by atoms with Gasteiger partial charge in [0.15, 0.2) is 0 Å². The van der Waals surface area contributed by atoms with Crippen LogP contribution in [0, 0.1) is 0 Å². The Labute approximate surface area is 47.8 Å². The summed E-state index contributed by atoms with van der Waals surface area (Å²) in [5, 5.41) is 8.11. The van der Waals surface area contributed by atoms with Crippen LogP contribution >= 0.6 is 0 Å². The van der Waals surface area contributed by atoms with Crippen LogP contribution in [0.15, 0.2) is 0 Å². The van der Waals surface area contributed by atoms with Crippen molar-refractivity contribution < 1.29 is 5.11 Å². The minimum atomic E-state index is 0.250. The molecule has 1 N–H and O–H groups in total. The van der Waals surface area contributed by atoms with Crippen LogP contribution in [-0.4, -0.2) is 43.7 Å². The first-order valence-electron chi connectivity index (χ1n) is 1.24. The van der Waals surface area contributed by atoms with Gasteiger partial charge in [0.1, 0.15) is 0 Å². The molecule has 0 aromatic heterocycles. The van der Waals surface area contributed by atoms with Crippen LogP contribution in [0.1, 0.15) is 0 Å². The number of rotatable bonds is 1. The van der Waals surface area contributed by atoms with E-state index < -0.39 is 0 Å². The first-order valence-corrected chi connectivity index (χ1v) is 3.41. The molecule has 5 heavy (non-hydrogen) atoms. The first kappa shape index (κ1) is 6.00. The van der Waals surface area contributed by atoms with Crippen molar-refractivity contribution in [3.8, 4) is 0 Å². The van der Waals surface area contributed by atoms with Gasteiger partial charge in [-0.1, -0.05) is 0 Å². The average molecular weight is 204 g/mol. The fraction of sp³-hybridized carbons (Fsp3) is 1.00. The predicted octanol–water partition coefficient (Wildman–Crippen LogP) is -1.47. The van der Waals surface area contributed by atoms with Gasteiger partial charge in [0.05, 0.1) is 0 Å². The van der Waals surface area contributed by atoms with Crippen LogP contribution in [0.3, 0.4) is 0 Å². The molecule has 0 aromatic carbocycles. The standard InChI is InChI=1S/C2H6OSe2/c3-1-2(4)5/h2-5H,1H2. The zero-order chi connectivity index (χ0) is 4.28. The molecule has 0 aliphatic heterocycles. The van der Waals surface area contributed by atoms with Crippen molar-refractivity contribution in [2.24, 2.45) is 0 Å². The van der Waals surface area contributed by atoms with Crippen molar-refractivity contribution in [1.29, 1.82) is 0 Å². The second-order valence-corrected chi connectivity index (χ2v) is 5.20. The van der Waals surface area contributed by atoms with Gasteiger partial charge < -0.3 is 0 Å². The molecule has 0 saturated heterocycles. The molecular formula is C2H6OSe2. The van der Waals surface area contributed by atoms with Crippen LogP contribution in [0.4, 0.5) is 0 Å². The molecule has 0 radical (unpaired) electrons. The molecular weight excluding hydrogens is 198 g/mol. The van der Waals surface area contributed by atoms with Gasteiger partial charge in [0.2, 0.25) is 0 Å². The fourth-order valence-corrected chi connectivity index (χ4v) is 0. The quantitative estimate of drug-likeness (QED) is 0.517. The molecule has 0 spiro atoms. The number of aliphatic hydroxyl groups excluding tert-OH is 1. The zero-order valence-electron chi connectivity index (χ0n) is 2.63. The van der Waals surface area contributed by atoms with Crippen molar-refractivity contribution in [3.63, 3.8) is 0 Å². The molecule has 3 heteroatoms. The Kier molecular flexibility index (Phi) is 3.84. The molecule has 0 saturated carbocycles. The summed E-state index contributed by atoms with van der Waals surface area (Å²) in [6, 6.07) is 0. The van der Waals surface area contributed by atoms with E-state index in [1.165, 1.54) is 0 Å². The molecule has 0 fully saturated rings. The second-order valence-electron chi connectivity index (χ2n) is 0.663. The van der Waals surface area contributed by atoms with Crippen molar-refractivity contribution in [2.75, 3.05) is 6.61 Å². The SMILES string of the molecule is OCC([SeH])[SeH]. The van der Waals surface area contributed by atoms with E-state index in [0.29, 0.717) is 3.71 Å². The van der Waals surface area contributed by atoms with E-state index in [-0.39, 0.29) is 6.61 Å². The third-order valence-corrected chi connectivity index (χ3v) is 0.849. The Balaban J connectivity index is 2.54. The van der Waals surface area contributed by atoms with Gasteiger partial charge >= 0.3 is 47.5 Å². The van der Waals surface area contributed by atoms with Gasteiger partial charge in [-0.15, -0.1) is 0 Å². The Morgan fingerprint density at radius 2 is 1.80 bits per heavy atom. The van der Waals surface area contributed by atoms with E-state index in [1.54, 1.807) is 0 Å². The van der Waals surface area contributed by atoms with Gasteiger partial charge in [-0.2, -0.15) is 0 Å². The number of aliphatic hydroxyl groups is 1. The van der Waals surface area contributed by atoms with E-state index in [0.717, 1.165) is 0 Å². The summed E-state index contributed by atoms with van der Waals surface area (Å²) in [5.74, 6) is 0. The van der Waals surface area contributed by atoms with Gasteiger partial charge in [0, 0.05) is 0 Å². The third kappa shape index (κ3) is 5.00.